The monoisotopic (exact) mass is 472 g/mol. The maximum atomic E-state index is 13.1. The Bertz CT molecular complexity index is 1480. The Hall–Kier alpha value is -3.49. The van der Waals surface area contributed by atoms with Gasteiger partial charge in [0.1, 0.15) is 5.75 Å². The molecule has 164 valence electrons. The van der Waals surface area contributed by atoms with Crippen molar-refractivity contribution in [3.05, 3.63) is 85.1 Å². The van der Waals surface area contributed by atoms with Crippen molar-refractivity contribution in [2.24, 2.45) is 14.1 Å². The van der Waals surface area contributed by atoms with Crippen molar-refractivity contribution in [2.75, 3.05) is 12.5 Å². The summed E-state index contributed by atoms with van der Waals surface area (Å²) in [7, 11) is 4.48. The Balaban J connectivity index is 1.96. The molecule has 0 bridgehead atoms. The lowest BCUT2D eigenvalue weighted by molar-refractivity contribution is 0.101. The highest BCUT2D eigenvalue weighted by atomic mass is 35.5. The van der Waals surface area contributed by atoms with E-state index in [0.717, 1.165) is 4.57 Å². The average Bonchev–Trinajstić information content (AvgIpc) is 3.15. The van der Waals surface area contributed by atoms with Gasteiger partial charge in [-0.25, -0.2) is 4.79 Å². The molecule has 0 aliphatic rings. The largest absolute Gasteiger partial charge is 0.497 e. The second kappa shape index (κ2) is 8.22. The van der Waals surface area contributed by atoms with Gasteiger partial charge in [-0.05, 0) is 42.5 Å². The van der Waals surface area contributed by atoms with Crippen LogP contribution in [-0.4, -0.2) is 26.8 Å². The summed E-state index contributed by atoms with van der Waals surface area (Å²) in [6.07, 6.45) is 1.51. The molecule has 0 unspecified atom stereocenters. The van der Waals surface area contributed by atoms with Crippen LogP contribution in [0.1, 0.15) is 10.4 Å². The molecular formula is C22H18Cl2N4O4. The molecule has 2 aromatic heterocycles. The number of fused-ring (bicyclic) bond motifs is 1. The van der Waals surface area contributed by atoms with Crippen LogP contribution in [-0.2, 0) is 14.1 Å². The Labute approximate surface area is 192 Å². The van der Waals surface area contributed by atoms with Crippen LogP contribution in [0.15, 0.2) is 58.3 Å². The first-order valence-corrected chi connectivity index (χ1v) is 10.2. The van der Waals surface area contributed by atoms with Crippen molar-refractivity contribution in [1.82, 2.24) is 13.8 Å². The van der Waals surface area contributed by atoms with Crippen LogP contribution in [0.3, 0.4) is 0 Å². The van der Waals surface area contributed by atoms with Crippen LogP contribution in [0.2, 0.25) is 10.0 Å². The molecule has 2 aromatic carbocycles. The van der Waals surface area contributed by atoms with E-state index in [9.17, 15) is 14.4 Å². The zero-order chi connectivity index (χ0) is 23.2. The lowest BCUT2D eigenvalue weighted by Crippen LogP contribution is -2.36. The molecule has 4 rings (SSSR count). The number of carbonyl (C=O) groups excluding carboxylic acids is 1. The molecule has 1 N–H and O–H groups in total. The molecule has 8 nitrogen and oxygen atoms in total. The molecule has 0 radical (unpaired) electrons. The van der Waals surface area contributed by atoms with Crippen molar-refractivity contribution in [2.45, 2.75) is 0 Å². The lowest BCUT2D eigenvalue weighted by Gasteiger charge is -2.13. The van der Waals surface area contributed by atoms with Gasteiger partial charge < -0.3 is 4.74 Å². The predicted octanol–water partition coefficient (Wildman–Crippen LogP) is 3.41. The third-order valence-electron chi connectivity index (χ3n) is 5.20. The number of carbonyl (C=O) groups is 1. The van der Waals surface area contributed by atoms with Gasteiger partial charge in [-0.2, -0.15) is 0 Å². The number of nitrogens with zero attached hydrogens (tertiary/aromatic N) is 3. The van der Waals surface area contributed by atoms with E-state index < -0.39 is 17.2 Å². The highest BCUT2D eigenvalue weighted by Gasteiger charge is 2.22. The number of hydrogen-bond donors (Lipinski definition) is 1. The smallest absolute Gasteiger partial charge is 0.330 e. The summed E-state index contributed by atoms with van der Waals surface area (Å²) in [5.74, 6) is 0.182. The van der Waals surface area contributed by atoms with Gasteiger partial charge in [0.25, 0.3) is 11.5 Å². The van der Waals surface area contributed by atoms with Gasteiger partial charge >= 0.3 is 5.69 Å². The molecule has 0 saturated heterocycles. The second-order valence-corrected chi connectivity index (χ2v) is 7.95. The Kier molecular flexibility index (Phi) is 5.58. The highest BCUT2D eigenvalue weighted by molar-refractivity contribution is 6.36. The summed E-state index contributed by atoms with van der Waals surface area (Å²) in [5.41, 5.74) is 3.28. The first kappa shape index (κ1) is 21.7. The fourth-order valence-corrected chi connectivity index (χ4v) is 3.99. The van der Waals surface area contributed by atoms with Crippen LogP contribution >= 0.6 is 23.2 Å². The SMILES string of the molecule is COc1ccc(C(=O)Nn2cc3c(c2-c2ccc(Cl)cc2Cl)c(=O)n(C)c(=O)n3C)cc1. The fourth-order valence-electron chi connectivity index (χ4n) is 3.49. The zero-order valence-electron chi connectivity index (χ0n) is 17.3. The summed E-state index contributed by atoms with van der Waals surface area (Å²) in [6, 6.07) is 11.4. The van der Waals surface area contributed by atoms with E-state index in [0.29, 0.717) is 33.1 Å². The maximum Gasteiger partial charge on any atom is 0.330 e. The Morgan fingerprint density at radius 2 is 1.69 bits per heavy atom. The molecular weight excluding hydrogens is 455 g/mol. The van der Waals surface area contributed by atoms with E-state index >= 15 is 0 Å². The summed E-state index contributed by atoms with van der Waals surface area (Å²) in [6.45, 7) is 0. The number of rotatable bonds is 4. The number of halogens is 2. The molecule has 0 saturated carbocycles. The number of ether oxygens (including phenoxy) is 1. The molecule has 2 heterocycles. The molecule has 0 fully saturated rings. The molecule has 0 atom stereocenters. The minimum atomic E-state index is -0.512. The number of aromatic nitrogens is 3. The summed E-state index contributed by atoms with van der Waals surface area (Å²) in [4.78, 5) is 38.4. The second-order valence-electron chi connectivity index (χ2n) is 7.11. The minimum Gasteiger partial charge on any atom is -0.497 e. The number of amides is 1. The van der Waals surface area contributed by atoms with E-state index in [-0.39, 0.29) is 10.4 Å². The number of hydrogen-bond acceptors (Lipinski definition) is 4. The van der Waals surface area contributed by atoms with Crippen LogP contribution in [0.5, 0.6) is 5.75 Å². The quantitative estimate of drug-likeness (QED) is 0.492. The average molecular weight is 473 g/mol. The lowest BCUT2D eigenvalue weighted by atomic mass is 10.1. The molecule has 0 aliphatic heterocycles. The third-order valence-corrected chi connectivity index (χ3v) is 5.75. The maximum absolute atomic E-state index is 13.1. The summed E-state index contributed by atoms with van der Waals surface area (Å²) < 4.78 is 8.86. The fraction of sp³-hybridized carbons (Fsp3) is 0.136. The number of benzene rings is 2. The van der Waals surface area contributed by atoms with Gasteiger partial charge in [0.2, 0.25) is 0 Å². The normalized spacial score (nSPS) is 11.0. The summed E-state index contributed by atoms with van der Waals surface area (Å²) in [5, 5.41) is 0.936. The van der Waals surface area contributed by atoms with Gasteiger partial charge in [0, 0.05) is 30.2 Å². The molecule has 0 aliphatic carbocycles. The van der Waals surface area contributed by atoms with Gasteiger partial charge in [0.15, 0.2) is 0 Å². The van der Waals surface area contributed by atoms with Crippen molar-refractivity contribution < 1.29 is 9.53 Å². The van der Waals surface area contributed by atoms with Crippen molar-refractivity contribution in [1.29, 1.82) is 0 Å². The molecule has 4 aromatic rings. The van der Waals surface area contributed by atoms with Crippen LogP contribution in [0.25, 0.3) is 22.2 Å². The van der Waals surface area contributed by atoms with E-state index in [1.165, 1.54) is 29.6 Å². The Morgan fingerprint density at radius 3 is 2.31 bits per heavy atom. The van der Waals surface area contributed by atoms with E-state index in [4.69, 9.17) is 27.9 Å². The van der Waals surface area contributed by atoms with Gasteiger partial charge in [-0.3, -0.25) is 28.8 Å². The summed E-state index contributed by atoms with van der Waals surface area (Å²) >= 11 is 12.5. The third kappa shape index (κ3) is 3.57. The molecule has 1 amide bonds. The minimum absolute atomic E-state index is 0.230. The zero-order valence-corrected chi connectivity index (χ0v) is 18.9. The van der Waals surface area contributed by atoms with Crippen molar-refractivity contribution in [3.63, 3.8) is 0 Å². The van der Waals surface area contributed by atoms with Crippen LogP contribution < -0.4 is 21.4 Å². The van der Waals surface area contributed by atoms with Gasteiger partial charge in [-0.15, -0.1) is 0 Å². The first-order chi connectivity index (χ1) is 15.2. The molecule has 10 heteroatoms. The van der Waals surface area contributed by atoms with Crippen LogP contribution in [0, 0.1) is 0 Å². The predicted molar refractivity (Wildman–Crippen MR) is 125 cm³/mol. The van der Waals surface area contributed by atoms with Gasteiger partial charge in [-0.1, -0.05) is 23.2 Å². The van der Waals surface area contributed by atoms with E-state index in [1.54, 1.807) is 49.5 Å². The number of nitrogens with one attached hydrogen (secondary N) is 1. The topological polar surface area (TPSA) is 87.3 Å². The van der Waals surface area contributed by atoms with Crippen molar-refractivity contribution in [3.8, 4) is 17.0 Å². The first-order valence-electron chi connectivity index (χ1n) is 9.45. The van der Waals surface area contributed by atoms with Crippen molar-refractivity contribution >= 4 is 40.0 Å². The standard InChI is InChI=1S/C22H18Cl2N4O4/c1-26-17-11-28(25-20(29)12-4-7-14(32-3)8-5-12)19(15-9-6-13(23)10-16(15)24)18(17)21(30)27(2)22(26)31/h4-11H,1-3H3,(H,25,29). The number of aryl methyl sites for hydroxylation is 1. The number of methoxy groups -OCH3 is 1. The van der Waals surface area contributed by atoms with E-state index in [1.807, 2.05) is 0 Å². The van der Waals surface area contributed by atoms with Crippen LogP contribution in [0.4, 0.5) is 0 Å². The Morgan fingerprint density at radius 1 is 1.00 bits per heavy atom. The molecule has 32 heavy (non-hydrogen) atoms. The van der Waals surface area contributed by atoms with Gasteiger partial charge in [0.05, 0.1) is 34.9 Å². The molecule has 0 spiro atoms. The highest BCUT2D eigenvalue weighted by Crippen LogP contribution is 2.34. The van der Waals surface area contributed by atoms with E-state index in [2.05, 4.69) is 5.43 Å².